The first-order valence-corrected chi connectivity index (χ1v) is 12.3. The molecule has 0 saturated heterocycles. The van der Waals surface area contributed by atoms with E-state index in [2.05, 4.69) is 10.0 Å². The standard InChI is InChI=1S/C27H25N3O3S/c28-25(19-20-9-3-1-4-10-20)27(31)29-22-15-17-23(18-16-22)30-34(32,33)26-14-8-7-13-24(26)21-11-5-2-6-12-21/h1-18,25,30H,19,28H2,(H,29,31). The van der Waals surface area contributed by atoms with Crippen molar-refractivity contribution < 1.29 is 13.2 Å². The fraction of sp³-hybridized carbons (Fsp3) is 0.0741. The molecule has 6 nitrogen and oxygen atoms in total. The molecule has 4 N–H and O–H groups in total. The first-order valence-electron chi connectivity index (χ1n) is 10.8. The van der Waals surface area contributed by atoms with Gasteiger partial charge in [-0.3, -0.25) is 9.52 Å². The average molecular weight is 472 g/mol. The van der Waals surface area contributed by atoms with Crippen molar-refractivity contribution in [3.05, 3.63) is 115 Å². The molecule has 0 bridgehead atoms. The summed E-state index contributed by atoms with van der Waals surface area (Å²) in [6.07, 6.45) is 0.422. The van der Waals surface area contributed by atoms with Crippen LogP contribution in [-0.4, -0.2) is 20.4 Å². The van der Waals surface area contributed by atoms with E-state index in [1.54, 1.807) is 48.5 Å². The van der Waals surface area contributed by atoms with Crippen LogP contribution < -0.4 is 15.8 Å². The number of rotatable bonds is 8. The lowest BCUT2D eigenvalue weighted by atomic mass is 10.1. The first kappa shape index (κ1) is 23.2. The Labute approximate surface area is 199 Å². The molecule has 0 aromatic heterocycles. The molecule has 1 unspecified atom stereocenters. The van der Waals surface area contributed by atoms with E-state index in [-0.39, 0.29) is 10.8 Å². The minimum Gasteiger partial charge on any atom is -0.325 e. The van der Waals surface area contributed by atoms with Gasteiger partial charge in [0, 0.05) is 16.9 Å². The number of sulfonamides is 1. The van der Waals surface area contributed by atoms with Crippen LogP contribution in [0.3, 0.4) is 0 Å². The second-order valence-corrected chi connectivity index (χ2v) is 9.48. The Bertz CT molecular complexity index is 1360. The van der Waals surface area contributed by atoms with Crippen LogP contribution >= 0.6 is 0 Å². The number of anilines is 2. The van der Waals surface area contributed by atoms with Gasteiger partial charge in [0.25, 0.3) is 10.0 Å². The van der Waals surface area contributed by atoms with E-state index < -0.39 is 16.1 Å². The summed E-state index contributed by atoms with van der Waals surface area (Å²) < 4.78 is 28.9. The van der Waals surface area contributed by atoms with E-state index >= 15 is 0 Å². The number of carbonyl (C=O) groups excluding carboxylic acids is 1. The fourth-order valence-corrected chi connectivity index (χ4v) is 4.87. The second kappa shape index (κ2) is 10.3. The Morgan fingerprint density at radius 1 is 0.735 bits per heavy atom. The van der Waals surface area contributed by atoms with Crippen molar-refractivity contribution in [2.45, 2.75) is 17.4 Å². The minimum absolute atomic E-state index is 0.186. The second-order valence-electron chi connectivity index (χ2n) is 7.83. The highest BCUT2D eigenvalue weighted by atomic mass is 32.2. The van der Waals surface area contributed by atoms with Crippen LogP contribution in [0.15, 0.2) is 114 Å². The van der Waals surface area contributed by atoms with Crippen molar-refractivity contribution in [3.63, 3.8) is 0 Å². The third-order valence-corrected chi connectivity index (χ3v) is 6.74. The molecule has 0 aliphatic carbocycles. The van der Waals surface area contributed by atoms with Gasteiger partial charge in [-0.05, 0) is 47.9 Å². The molecular formula is C27H25N3O3S. The number of hydrogen-bond donors (Lipinski definition) is 3. The highest BCUT2D eigenvalue weighted by Crippen LogP contribution is 2.28. The van der Waals surface area contributed by atoms with Crippen molar-refractivity contribution in [1.82, 2.24) is 0 Å². The smallest absolute Gasteiger partial charge is 0.262 e. The topological polar surface area (TPSA) is 101 Å². The predicted octanol–water partition coefficient (Wildman–Crippen LogP) is 4.66. The number of amides is 1. The summed E-state index contributed by atoms with van der Waals surface area (Å²) in [5.41, 5.74) is 9.35. The lowest BCUT2D eigenvalue weighted by molar-refractivity contribution is -0.117. The van der Waals surface area contributed by atoms with Gasteiger partial charge in [0.1, 0.15) is 0 Å². The van der Waals surface area contributed by atoms with Crippen LogP contribution in [0.5, 0.6) is 0 Å². The SMILES string of the molecule is NC(Cc1ccccc1)C(=O)Nc1ccc(NS(=O)(=O)c2ccccc2-c2ccccc2)cc1. The van der Waals surface area contributed by atoms with Crippen molar-refractivity contribution in [3.8, 4) is 11.1 Å². The number of nitrogens with one attached hydrogen (secondary N) is 2. The van der Waals surface area contributed by atoms with Crippen LogP contribution in [0.4, 0.5) is 11.4 Å². The maximum atomic E-state index is 13.1. The van der Waals surface area contributed by atoms with E-state index in [0.29, 0.717) is 23.4 Å². The average Bonchev–Trinajstić information content (AvgIpc) is 2.86. The highest BCUT2D eigenvalue weighted by molar-refractivity contribution is 7.92. The number of hydrogen-bond acceptors (Lipinski definition) is 4. The lowest BCUT2D eigenvalue weighted by Crippen LogP contribution is -2.37. The molecule has 0 heterocycles. The molecule has 7 heteroatoms. The molecule has 0 spiro atoms. The number of benzene rings is 4. The Morgan fingerprint density at radius 2 is 1.29 bits per heavy atom. The minimum atomic E-state index is -3.83. The summed E-state index contributed by atoms with van der Waals surface area (Å²) in [5.74, 6) is -0.311. The van der Waals surface area contributed by atoms with Gasteiger partial charge in [-0.1, -0.05) is 78.9 Å². The largest absolute Gasteiger partial charge is 0.325 e. The van der Waals surface area contributed by atoms with Gasteiger partial charge in [0.05, 0.1) is 10.9 Å². The predicted molar refractivity (Wildman–Crippen MR) is 136 cm³/mol. The van der Waals surface area contributed by atoms with Gasteiger partial charge in [0.2, 0.25) is 5.91 Å². The molecule has 0 fully saturated rings. The third-order valence-electron chi connectivity index (χ3n) is 5.30. The van der Waals surface area contributed by atoms with E-state index in [4.69, 9.17) is 5.73 Å². The molecule has 4 aromatic carbocycles. The van der Waals surface area contributed by atoms with Crippen molar-refractivity contribution in [2.75, 3.05) is 10.0 Å². The van der Waals surface area contributed by atoms with E-state index in [9.17, 15) is 13.2 Å². The highest BCUT2D eigenvalue weighted by Gasteiger charge is 2.19. The molecule has 0 radical (unpaired) electrons. The van der Waals surface area contributed by atoms with E-state index in [1.165, 1.54) is 0 Å². The lowest BCUT2D eigenvalue weighted by Gasteiger charge is -2.14. The molecule has 1 amide bonds. The maximum Gasteiger partial charge on any atom is 0.262 e. The molecule has 34 heavy (non-hydrogen) atoms. The van der Waals surface area contributed by atoms with Crippen LogP contribution in [0.1, 0.15) is 5.56 Å². The van der Waals surface area contributed by atoms with E-state index in [0.717, 1.165) is 11.1 Å². The van der Waals surface area contributed by atoms with Gasteiger partial charge >= 0.3 is 0 Å². The zero-order chi connectivity index (χ0) is 24.0. The Balaban J connectivity index is 1.44. The van der Waals surface area contributed by atoms with Crippen LogP contribution in [0.25, 0.3) is 11.1 Å². The molecule has 0 aliphatic rings. The Kier molecular flexibility index (Phi) is 7.06. The summed E-state index contributed by atoms with van der Waals surface area (Å²) in [6.45, 7) is 0. The summed E-state index contributed by atoms with van der Waals surface area (Å²) in [4.78, 5) is 12.6. The number of carbonyl (C=O) groups is 1. The number of nitrogens with two attached hydrogens (primary N) is 1. The Hall–Kier alpha value is -3.94. The van der Waals surface area contributed by atoms with Crippen LogP contribution in [0, 0.1) is 0 Å². The quantitative estimate of drug-likeness (QED) is 0.348. The van der Waals surface area contributed by atoms with Gasteiger partial charge in [-0.25, -0.2) is 8.42 Å². The monoisotopic (exact) mass is 471 g/mol. The van der Waals surface area contributed by atoms with Gasteiger partial charge in [0.15, 0.2) is 0 Å². The molecule has 0 aliphatic heterocycles. The summed E-state index contributed by atoms with van der Waals surface area (Å²) in [7, 11) is -3.83. The Morgan fingerprint density at radius 3 is 1.97 bits per heavy atom. The summed E-state index contributed by atoms with van der Waals surface area (Å²) in [5, 5.41) is 2.77. The first-order chi connectivity index (χ1) is 16.4. The van der Waals surface area contributed by atoms with Crippen molar-refractivity contribution >= 4 is 27.3 Å². The van der Waals surface area contributed by atoms with E-state index in [1.807, 2.05) is 60.7 Å². The fourth-order valence-electron chi connectivity index (χ4n) is 3.58. The van der Waals surface area contributed by atoms with Gasteiger partial charge in [-0.15, -0.1) is 0 Å². The normalized spacial score (nSPS) is 12.0. The molecular weight excluding hydrogens is 446 g/mol. The van der Waals surface area contributed by atoms with Crippen molar-refractivity contribution in [1.29, 1.82) is 0 Å². The third kappa shape index (κ3) is 5.70. The van der Waals surface area contributed by atoms with Crippen molar-refractivity contribution in [2.24, 2.45) is 5.73 Å². The summed E-state index contributed by atoms with van der Waals surface area (Å²) >= 11 is 0. The zero-order valence-electron chi connectivity index (χ0n) is 18.4. The van der Waals surface area contributed by atoms with Gasteiger partial charge < -0.3 is 11.1 Å². The zero-order valence-corrected chi connectivity index (χ0v) is 19.2. The van der Waals surface area contributed by atoms with Gasteiger partial charge in [-0.2, -0.15) is 0 Å². The maximum absolute atomic E-state index is 13.1. The molecule has 4 rings (SSSR count). The molecule has 4 aromatic rings. The molecule has 172 valence electrons. The molecule has 1 atom stereocenters. The van der Waals surface area contributed by atoms with Crippen LogP contribution in [0.2, 0.25) is 0 Å². The van der Waals surface area contributed by atoms with Crippen LogP contribution in [-0.2, 0) is 21.2 Å². The molecule has 0 saturated carbocycles. The summed E-state index contributed by atoms with van der Waals surface area (Å²) in [6, 6.07) is 31.5.